The van der Waals surface area contributed by atoms with E-state index in [1.54, 1.807) is 12.1 Å². The maximum atomic E-state index is 9.95. The third-order valence-electron chi connectivity index (χ3n) is 3.32. The van der Waals surface area contributed by atoms with Crippen LogP contribution in [0.3, 0.4) is 0 Å². The third-order valence-corrected chi connectivity index (χ3v) is 3.32. The molecule has 3 rings (SSSR count). The standard InChI is InChI=1S/C15H14N2O2/c1-9-4-3-5-12-14(9)17(2)15(16-12)11-7-6-10(18)8-13(11)19/h3-8,18-19H,1-2H3. The number of phenols is 2. The van der Waals surface area contributed by atoms with Crippen molar-refractivity contribution in [3.8, 4) is 22.9 Å². The third kappa shape index (κ3) is 1.73. The summed E-state index contributed by atoms with van der Waals surface area (Å²) in [6, 6.07) is 10.5. The highest BCUT2D eigenvalue weighted by molar-refractivity contribution is 5.84. The first-order valence-corrected chi connectivity index (χ1v) is 6.02. The zero-order chi connectivity index (χ0) is 13.6. The van der Waals surface area contributed by atoms with Crippen LogP contribution < -0.4 is 0 Å². The van der Waals surface area contributed by atoms with Crippen LogP contribution >= 0.6 is 0 Å². The number of rotatable bonds is 1. The fourth-order valence-corrected chi connectivity index (χ4v) is 2.42. The Morgan fingerprint density at radius 1 is 1.11 bits per heavy atom. The Hall–Kier alpha value is -2.49. The molecule has 0 radical (unpaired) electrons. The number of nitrogens with zero attached hydrogens (tertiary/aromatic N) is 2. The number of hydrogen-bond donors (Lipinski definition) is 2. The average Bonchev–Trinajstić information content (AvgIpc) is 2.68. The normalized spacial score (nSPS) is 11.1. The lowest BCUT2D eigenvalue weighted by Crippen LogP contribution is -1.94. The van der Waals surface area contributed by atoms with E-state index in [2.05, 4.69) is 4.98 Å². The van der Waals surface area contributed by atoms with Crippen LogP contribution in [0.4, 0.5) is 0 Å². The first kappa shape index (κ1) is 11.6. The van der Waals surface area contributed by atoms with Crippen molar-refractivity contribution in [3.63, 3.8) is 0 Å². The maximum Gasteiger partial charge on any atom is 0.144 e. The summed E-state index contributed by atoms with van der Waals surface area (Å²) in [6.07, 6.45) is 0. The van der Waals surface area contributed by atoms with Crippen LogP contribution in [-0.2, 0) is 7.05 Å². The molecule has 19 heavy (non-hydrogen) atoms. The van der Waals surface area contributed by atoms with Gasteiger partial charge in [0.05, 0.1) is 16.6 Å². The van der Waals surface area contributed by atoms with E-state index >= 15 is 0 Å². The summed E-state index contributed by atoms with van der Waals surface area (Å²) >= 11 is 0. The summed E-state index contributed by atoms with van der Waals surface area (Å²) in [4.78, 5) is 4.56. The lowest BCUT2D eigenvalue weighted by atomic mass is 10.2. The van der Waals surface area contributed by atoms with E-state index in [0.29, 0.717) is 11.4 Å². The molecule has 0 fully saturated rings. The van der Waals surface area contributed by atoms with Gasteiger partial charge in [0, 0.05) is 13.1 Å². The SMILES string of the molecule is Cc1cccc2nc(-c3ccc(O)cc3O)n(C)c12. The van der Waals surface area contributed by atoms with Crippen molar-refractivity contribution in [3.05, 3.63) is 42.0 Å². The van der Waals surface area contributed by atoms with Crippen LogP contribution in [0, 0.1) is 6.92 Å². The molecule has 0 amide bonds. The Bertz CT molecular complexity index is 775. The summed E-state index contributed by atoms with van der Waals surface area (Å²) in [5, 5.41) is 19.3. The van der Waals surface area contributed by atoms with Gasteiger partial charge in [-0.25, -0.2) is 4.98 Å². The van der Waals surface area contributed by atoms with E-state index in [-0.39, 0.29) is 11.5 Å². The molecule has 0 aliphatic carbocycles. The average molecular weight is 254 g/mol. The molecule has 0 saturated carbocycles. The highest BCUT2D eigenvalue weighted by atomic mass is 16.3. The number of imidazole rings is 1. The van der Waals surface area contributed by atoms with Crippen molar-refractivity contribution in [2.24, 2.45) is 7.05 Å². The van der Waals surface area contributed by atoms with Gasteiger partial charge in [-0.2, -0.15) is 0 Å². The van der Waals surface area contributed by atoms with Crippen LogP contribution in [0.5, 0.6) is 11.5 Å². The van der Waals surface area contributed by atoms with Crippen molar-refractivity contribution < 1.29 is 10.2 Å². The second-order valence-corrected chi connectivity index (χ2v) is 4.64. The van der Waals surface area contributed by atoms with Gasteiger partial charge in [0.1, 0.15) is 17.3 Å². The van der Waals surface area contributed by atoms with Gasteiger partial charge in [0.25, 0.3) is 0 Å². The first-order valence-electron chi connectivity index (χ1n) is 6.02. The predicted molar refractivity (Wildman–Crippen MR) is 74.2 cm³/mol. The number of aromatic hydroxyl groups is 2. The Labute approximate surface area is 110 Å². The second kappa shape index (κ2) is 4.02. The molecular weight excluding hydrogens is 240 g/mol. The van der Waals surface area contributed by atoms with Crippen molar-refractivity contribution in [2.75, 3.05) is 0 Å². The van der Waals surface area contributed by atoms with Crippen LogP contribution in [0.1, 0.15) is 5.56 Å². The van der Waals surface area contributed by atoms with E-state index in [4.69, 9.17) is 0 Å². The molecule has 0 bridgehead atoms. The minimum Gasteiger partial charge on any atom is -0.508 e. The molecule has 4 heteroatoms. The molecule has 2 aromatic carbocycles. The molecule has 1 aromatic heterocycles. The molecular formula is C15H14N2O2. The van der Waals surface area contributed by atoms with Gasteiger partial charge >= 0.3 is 0 Å². The molecule has 0 aliphatic rings. The summed E-state index contributed by atoms with van der Waals surface area (Å²) < 4.78 is 1.96. The Kier molecular flexibility index (Phi) is 2.45. The van der Waals surface area contributed by atoms with Crippen LogP contribution in [-0.4, -0.2) is 19.8 Å². The maximum absolute atomic E-state index is 9.95. The molecule has 0 unspecified atom stereocenters. The zero-order valence-electron chi connectivity index (χ0n) is 10.8. The summed E-state index contributed by atoms with van der Waals surface area (Å²) in [5.41, 5.74) is 3.68. The topological polar surface area (TPSA) is 58.3 Å². The number of hydrogen-bond acceptors (Lipinski definition) is 3. The van der Waals surface area contributed by atoms with Crippen molar-refractivity contribution in [1.82, 2.24) is 9.55 Å². The molecule has 96 valence electrons. The fraction of sp³-hybridized carbons (Fsp3) is 0.133. The Morgan fingerprint density at radius 3 is 2.58 bits per heavy atom. The summed E-state index contributed by atoms with van der Waals surface area (Å²) in [7, 11) is 1.92. The van der Waals surface area contributed by atoms with E-state index in [1.165, 1.54) is 6.07 Å². The Morgan fingerprint density at radius 2 is 1.89 bits per heavy atom. The van der Waals surface area contributed by atoms with Crippen molar-refractivity contribution in [2.45, 2.75) is 6.92 Å². The minimum absolute atomic E-state index is 0.0241. The molecule has 0 atom stereocenters. The minimum atomic E-state index is 0.0241. The summed E-state index contributed by atoms with van der Waals surface area (Å²) in [5.74, 6) is 0.744. The van der Waals surface area contributed by atoms with Gasteiger partial charge in [-0.05, 0) is 30.7 Å². The molecule has 1 heterocycles. The van der Waals surface area contributed by atoms with Gasteiger partial charge in [-0.3, -0.25) is 0 Å². The monoisotopic (exact) mass is 254 g/mol. The number of para-hydroxylation sites is 1. The number of benzene rings is 2. The highest BCUT2D eigenvalue weighted by Crippen LogP contribution is 2.33. The van der Waals surface area contributed by atoms with Gasteiger partial charge in [0.15, 0.2) is 0 Å². The number of aryl methyl sites for hydroxylation is 2. The largest absolute Gasteiger partial charge is 0.508 e. The van der Waals surface area contributed by atoms with Crippen LogP contribution in [0.2, 0.25) is 0 Å². The fourth-order valence-electron chi connectivity index (χ4n) is 2.42. The summed E-state index contributed by atoms with van der Waals surface area (Å²) in [6.45, 7) is 2.03. The Balaban J connectivity index is 2.31. The van der Waals surface area contributed by atoms with E-state index in [0.717, 1.165) is 16.6 Å². The molecule has 4 nitrogen and oxygen atoms in total. The molecule has 3 aromatic rings. The lowest BCUT2D eigenvalue weighted by molar-refractivity contribution is 0.451. The van der Waals surface area contributed by atoms with Crippen LogP contribution in [0.15, 0.2) is 36.4 Å². The van der Waals surface area contributed by atoms with Crippen molar-refractivity contribution >= 4 is 11.0 Å². The number of phenolic OH excluding ortho intramolecular Hbond substituents is 2. The van der Waals surface area contributed by atoms with E-state index < -0.39 is 0 Å². The quantitative estimate of drug-likeness (QED) is 0.702. The number of aromatic nitrogens is 2. The van der Waals surface area contributed by atoms with Gasteiger partial charge in [-0.15, -0.1) is 0 Å². The second-order valence-electron chi connectivity index (χ2n) is 4.64. The van der Waals surface area contributed by atoms with E-state index in [1.807, 2.05) is 36.7 Å². The first-order chi connectivity index (χ1) is 9.08. The highest BCUT2D eigenvalue weighted by Gasteiger charge is 2.14. The lowest BCUT2D eigenvalue weighted by Gasteiger charge is -2.06. The molecule has 0 aliphatic heterocycles. The van der Waals surface area contributed by atoms with E-state index in [9.17, 15) is 10.2 Å². The van der Waals surface area contributed by atoms with Gasteiger partial charge < -0.3 is 14.8 Å². The predicted octanol–water partition coefficient (Wildman–Crippen LogP) is 2.96. The molecule has 0 saturated heterocycles. The number of fused-ring (bicyclic) bond motifs is 1. The van der Waals surface area contributed by atoms with Crippen LogP contribution in [0.25, 0.3) is 22.4 Å². The molecule has 2 N–H and O–H groups in total. The smallest absolute Gasteiger partial charge is 0.144 e. The van der Waals surface area contributed by atoms with Gasteiger partial charge in [-0.1, -0.05) is 12.1 Å². The molecule has 0 spiro atoms. The zero-order valence-corrected chi connectivity index (χ0v) is 10.8. The van der Waals surface area contributed by atoms with Crippen molar-refractivity contribution in [1.29, 1.82) is 0 Å². The van der Waals surface area contributed by atoms with Gasteiger partial charge in [0.2, 0.25) is 0 Å².